The van der Waals surface area contributed by atoms with Crippen molar-refractivity contribution in [2.75, 3.05) is 26.2 Å². The number of nitrogens with zero attached hydrogens (tertiary/aromatic N) is 3. The van der Waals surface area contributed by atoms with Gasteiger partial charge in [-0.25, -0.2) is 9.07 Å². The molecule has 2 aromatic rings. The van der Waals surface area contributed by atoms with Crippen molar-refractivity contribution in [2.24, 2.45) is 5.92 Å². The fraction of sp³-hybridized carbons (Fsp3) is 0.444. The van der Waals surface area contributed by atoms with Gasteiger partial charge in [0.15, 0.2) is 5.69 Å². The van der Waals surface area contributed by atoms with Gasteiger partial charge < -0.3 is 10.2 Å². The van der Waals surface area contributed by atoms with E-state index >= 15 is 0 Å². The normalized spacial score (nSPS) is 18.5. The molecular formula is C18H23FN4O. The standard InChI is InChI=1S/C18H23FN4O/c1-14-3-2-10-22(13-14)12-9-20-18(24)17-8-11-23(21-17)16-6-4-15(19)5-7-16/h4-8,11,14H,2-3,9-10,12-13H2,1H3,(H,20,24)/t14-/m1/s1. The van der Waals surface area contributed by atoms with E-state index in [1.807, 2.05) is 0 Å². The van der Waals surface area contributed by atoms with Crippen LogP contribution in [0.25, 0.3) is 5.69 Å². The molecule has 2 heterocycles. The molecule has 1 amide bonds. The van der Waals surface area contributed by atoms with Crippen LogP contribution >= 0.6 is 0 Å². The average Bonchev–Trinajstić information content (AvgIpc) is 3.05. The summed E-state index contributed by atoms with van der Waals surface area (Å²) in [5.74, 6) is 0.262. The number of benzene rings is 1. The minimum Gasteiger partial charge on any atom is -0.349 e. The van der Waals surface area contributed by atoms with Crippen molar-refractivity contribution < 1.29 is 9.18 Å². The first-order valence-electron chi connectivity index (χ1n) is 8.44. The van der Waals surface area contributed by atoms with Crippen LogP contribution in [-0.2, 0) is 0 Å². The molecule has 1 saturated heterocycles. The monoisotopic (exact) mass is 330 g/mol. The van der Waals surface area contributed by atoms with E-state index in [4.69, 9.17) is 0 Å². The van der Waals surface area contributed by atoms with E-state index in [1.54, 1.807) is 29.1 Å². The fourth-order valence-corrected chi connectivity index (χ4v) is 3.09. The SMILES string of the molecule is C[C@@H]1CCCN(CCNC(=O)c2ccn(-c3ccc(F)cc3)n2)C1. The highest BCUT2D eigenvalue weighted by molar-refractivity contribution is 5.92. The molecule has 0 unspecified atom stereocenters. The Bertz CT molecular complexity index is 683. The van der Waals surface area contributed by atoms with Crippen LogP contribution in [0.3, 0.4) is 0 Å². The zero-order valence-corrected chi connectivity index (χ0v) is 13.9. The Balaban J connectivity index is 1.51. The quantitative estimate of drug-likeness (QED) is 0.916. The second-order valence-corrected chi connectivity index (χ2v) is 6.43. The van der Waals surface area contributed by atoms with Crippen LogP contribution in [0.2, 0.25) is 0 Å². The van der Waals surface area contributed by atoms with Crippen molar-refractivity contribution in [3.63, 3.8) is 0 Å². The Kier molecular flexibility index (Phi) is 5.25. The zero-order valence-electron chi connectivity index (χ0n) is 13.9. The van der Waals surface area contributed by atoms with E-state index < -0.39 is 0 Å². The third-order valence-electron chi connectivity index (χ3n) is 4.37. The van der Waals surface area contributed by atoms with Crippen LogP contribution < -0.4 is 5.32 Å². The minimum atomic E-state index is -0.295. The molecule has 5 nitrogen and oxygen atoms in total. The molecule has 0 radical (unpaired) electrons. The molecule has 1 aliphatic heterocycles. The van der Waals surface area contributed by atoms with Crippen LogP contribution in [-0.4, -0.2) is 46.8 Å². The lowest BCUT2D eigenvalue weighted by molar-refractivity contribution is 0.0938. The minimum absolute atomic E-state index is 0.180. The van der Waals surface area contributed by atoms with E-state index in [9.17, 15) is 9.18 Å². The highest BCUT2D eigenvalue weighted by Gasteiger charge is 2.16. The van der Waals surface area contributed by atoms with Gasteiger partial charge >= 0.3 is 0 Å². The Morgan fingerprint density at radius 2 is 2.12 bits per heavy atom. The van der Waals surface area contributed by atoms with Crippen LogP contribution in [0, 0.1) is 11.7 Å². The summed E-state index contributed by atoms with van der Waals surface area (Å²) in [5, 5.41) is 7.17. The molecule has 1 aromatic carbocycles. The van der Waals surface area contributed by atoms with Crippen LogP contribution in [0.1, 0.15) is 30.3 Å². The maximum atomic E-state index is 13.0. The number of nitrogens with one attached hydrogen (secondary N) is 1. The summed E-state index contributed by atoms with van der Waals surface area (Å²) in [5.41, 5.74) is 1.09. The molecule has 128 valence electrons. The van der Waals surface area contributed by atoms with Crippen molar-refractivity contribution in [1.82, 2.24) is 20.0 Å². The van der Waals surface area contributed by atoms with Gasteiger partial charge in [-0.15, -0.1) is 0 Å². The van der Waals surface area contributed by atoms with Gasteiger partial charge in [-0.2, -0.15) is 5.10 Å². The van der Waals surface area contributed by atoms with Gasteiger partial charge in [0, 0.05) is 25.8 Å². The Labute approximate surface area is 141 Å². The van der Waals surface area contributed by atoms with Gasteiger partial charge in [-0.3, -0.25) is 4.79 Å². The van der Waals surface area contributed by atoms with E-state index in [0.29, 0.717) is 12.2 Å². The predicted molar refractivity (Wildman–Crippen MR) is 90.7 cm³/mol. The lowest BCUT2D eigenvalue weighted by Gasteiger charge is -2.30. The molecule has 3 rings (SSSR count). The summed E-state index contributed by atoms with van der Waals surface area (Å²) in [6, 6.07) is 7.66. The van der Waals surface area contributed by atoms with Gasteiger partial charge in [0.25, 0.3) is 5.91 Å². The van der Waals surface area contributed by atoms with Gasteiger partial charge in [0.05, 0.1) is 5.69 Å². The Morgan fingerprint density at radius 3 is 2.88 bits per heavy atom. The lowest BCUT2D eigenvalue weighted by atomic mass is 10.0. The molecule has 1 fully saturated rings. The summed E-state index contributed by atoms with van der Waals surface area (Å²) >= 11 is 0. The van der Waals surface area contributed by atoms with Crippen LogP contribution in [0.5, 0.6) is 0 Å². The van der Waals surface area contributed by atoms with Crippen molar-refractivity contribution in [3.8, 4) is 5.69 Å². The summed E-state index contributed by atoms with van der Waals surface area (Å²) in [6.07, 6.45) is 4.23. The number of likely N-dealkylation sites (tertiary alicyclic amines) is 1. The van der Waals surface area contributed by atoms with Gasteiger partial charge in [-0.05, 0) is 55.6 Å². The Morgan fingerprint density at radius 1 is 1.33 bits per heavy atom. The second-order valence-electron chi connectivity index (χ2n) is 6.43. The molecule has 1 N–H and O–H groups in total. The molecule has 0 saturated carbocycles. The summed E-state index contributed by atoms with van der Waals surface area (Å²) in [6.45, 7) is 5.98. The second kappa shape index (κ2) is 7.57. The van der Waals surface area contributed by atoms with E-state index in [-0.39, 0.29) is 11.7 Å². The molecule has 24 heavy (non-hydrogen) atoms. The zero-order chi connectivity index (χ0) is 16.9. The van der Waals surface area contributed by atoms with Crippen molar-refractivity contribution in [2.45, 2.75) is 19.8 Å². The van der Waals surface area contributed by atoms with E-state index in [0.717, 1.165) is 31.2 Å². The highest BCUT2D eigenvalue weighted by atomic mass is 19.1. The molecule has 1 aliphatic rings. The third-order valence-corrected chi connectivity index (χ3v) is 4.37. The molecule has 1 aromatic heterocycles. The largest absolute Gasteiger partial charge is 0.349 e. The lowest BCUT2D eigenvalue weighted by Crippen LogP contribution is -2.40. The molecular weight excluding hydrogens is 307 g/mol. The highest BCUT2D eigenvalue weighted by Crippen LogP contribution is 2.14. The molecule has 6 heteroatoms. The van der Waals surface area contributed by atoms with E-state index in [1.165, 1.54) is 25.0 Å². The number of carbonyl (C=O) groups is 1. The van der Waals surface area contributed by atoms with Crippen molar-refractivity contribution in [3.05, 3.63) is 48.0 Å². The summed E-state index contributed by atoms with van der Waals surface area (Å²) < 4.78 is 14.5. The number of carbonyl (C=O) groups excluding carboxylic acids is 1. The number of aromatic nitrogens is 2. The fourth-order valence-electron chi connectivity index (χ4n) is 3.09. The smallest absolute Gasteiger partial charge is 0.271 e. The van der Waals surface area contributed by atoms with Crippen LogP contribution in [0.4, 0.5) is 4.39 Å². The average molecular weight is 330 g/mol. The van der Waals surface area contributed by atoms with Crippen LogP contribution in [0.15, 0.2) is 36.5 Å². The first-order valence-corrected chi connectivity index (χ1v) is 8.44. The molecule has 1 atom stereocenters. The number of amides is 1. The number of hydrogen-bond acceptors (Lipinski definition) is 3. The number of halogens is 1. The van der Waals surface area contributed by atoms with E-state index in [2.05, 4.69) is 22.2 Å². The number of rotatable bonds is 5. The van der Waals surface area contributed by atoms with Crippen molar-refractivity contribution in [1.29, 1.82) is 0 Å². The van der Waals surface area contributed by atoms with Crippen molar-refractivity contribution >= 4 is 5.91 Å². The van der Waals surface area contributed by atoms with Gasteiger partial charge in [0.2, 0.25) is 0 Å². The summed E-state index contributed by atoms with van der Waals surface area (Å²) in [4.78, 5) is 14.6. The predicted octanol–water partition coefficient (Wildman–Crippen LogP) is 2.47. The first kappa shape index (κ1) is 16.6. The number of piperidine rings is 1. The topological polar surface area (TPSA) is 50.2 Å². The maximum Gasteiger partial charge on any atom is 0.271 e. The first-order chi connectivity index (χ1) is 11.6. The number of hydrogen-bond donors (Lipinski definition) is 1. The third kappa shape index (κ3) is 4.20. The molecule has 0 aliphatic carbocycles. The summed E-state index contributed by atoms with van der Waals surface area (Å²) in [7, 11) is 0. The molecule has 0 spiro atoms. The maximum absolute atomic E-state index is 13.0. The Hall–Kier alpha value is -2.21. The van der Waals surface area contributed by atoms with Gasteiger partial charge in [0.1, 0.15) is 5.82 Å². The molecule has 0 bridgehead atoms. The van der Waals surface area contributed by atoms with Gasteiger partial charge in [-0.1, -0.05) is 6.92 Å².